The van der Waals surface area contributed by atoms with Gasteiger partial charge in [-0.3, -0.25) is 0 Å². The number of hydrogen-bond donors (Lipinski definition) is 1. The Labute approximate surface area is 105 Å². The maximum atomic E-state index is 12.1. The van der Waals surface area contributed by atoms with Gasteiger partial charge in [0, 0.05) is 20.2 Å². The molecule has 1 aromatic heterocycles. The smallest absolute Gasteiger partial charge is 0.371 e. The van der Waals surface area contributed by atoms with Crippen LogP contribution in [0.4, 0.5) is 0 Å². The summed E-state index contributed by atoms with van der Waals surface area (Å²) in [7, 11) is -2.34. The van der Waals surface area contributed by atoms with Crippen LogP contribution >= 0.6 is 0 Å². The molecular weight excluding hydrogens is 262 g/mol. The summed E-state index contributed by atoms with van der Waals surface area (Å²) >= 11 is 0. The molecule has 0 amide bonds. The van der Waals surface area contributed by atoms with Crippen molar-refractivity contribution in [3.05, 3.63) is 17.9 Å². The Bertz CT molecular complexity index is 506. The number of ether oxygens (including phenoxy) is 1. The van der Waals surface area contributed by atoms with Crippen molar-refractivity contribution in [3.8, 4) is 0 Å². The normalized spacial score (nSPS) is 11.9. The highest BCUT2D eigenvalue weighted by atomic mass is 32.2. The zero-order chi connectivity index (χ0) is 13.8. The first-order chi connectivity index (χ1) is 8.43. The number of furan rings is 1. The number of nitrogens with zero attached hydrogens (tertiary/aromatic N) is 1. The zero-order valence-corrected chi connectivity index (χ0v) is 10.9. The van der Waals surface area contributed by atoms with Crippen molar-refractivity contribution in [2.75, 3.05) is 26.8 Å². The summed E-state index contributed by atoms with van der Waals surface area (Å²) in [6.45, 7) is 2.35. The third-order valence-electron chi connectivity index (χ3n) is 2.28. The number of methoxy groups -OCH3 is 1. The standard InChI is InChI=1S/C10H15NO6S/c1-3-11(6-7-16-2)18(14,15)9-5-4-8(17-9)10(12)13/h4-5H,3,6-7H2,1-2H3,(H,12,13). The molecule has 0 aliphatic rings. The van der Waals surface area contributed by atoms with E-state index in [1.807, 2.05) is 0 Å². The molecule has 0 aliphatic heterocycles. The first kappa shape index (κ1) is 14.7. The van der Waals surface area contributed by atoms with Gasteiger partial charge in [-0.1, -0.05) is 6.92 Å². The van der Waals surface area contributed by atoms with E-state index < -0.39 is 21.8 Å². The topological polar surface area (TPSA) is 97.0 Å². The molecule has 0 atom stereocenters. The first-order valence-corrected chi connectivity index (χ1v) is 6.69. The second kappa shape index (κ2) is 5.98. The van der Waals surface area contributed by atoms with E-state index in [0.717, 1.165) is 16.4 Å². The molecule has 1 aromatic rings. The average Bonchev–Trinajstić information content (AvgIpc) is 2.79. The summed E-state index contributed by atoms with van der Waals surface area (Å²) in [5, 5.41) is 8.30. The van der Waals surface area contributed by atoms with Gasteiger partial charge >= 0.3 is 5.97 Å². The van der Waals surface area contributed by atoms with Crippen molar-refractivity contribution in [2.45, 2.75) is 12.0 Å². The van der Waals surface area contributed by atoms with Gasteiger partial charge in [0.25, 0.3) is 10.0 Å². The Morgan fingerprint density at radius 1 is 1.50 bits per heavy atom. The van der Waals surface area contributed by atoms with Crippen molar-refractivity contribution in [1.82, 2.24) is 4.31 Å². The minimum atomic E-state index is -3.81. The molecule has 0 spiro atoms. The monoisotopic (exact) mass is 277 g/mol. The SMILES string of the molecule is CCN(CCOC)S(=O)(=O)c1ccc(C(=O)O)o1. The lowest BCUT2D eigenvalue weighted by Gasteiger charge is -2.18. The number of carboxylic acids is 1. The van der Waals surface area contributed by atoms with Crippen LogP contribution in [-0.2, 0) is 14.8 Å². The van der Waals surface area contributed by atoms with Crippen molar-refractivity contribution in [2.24, 2.45) is 0 Å². The molecule has 0 unspecified atom stereocenters. The largest absolute Gasteiger partial charge is 0.475 e. The van der Waals surface area contributed by atoms with Crippen LogP contribution in [0.1, 0.15) is 17.5 Å². The maximum Gasteiger partial charge on any atom is 0.371 e. The van der Waals surface area contributed by atoms with Gasteiger partial charge in [0.1, 0.15) is 0 Å². The van der Waals surface area contributed by atoms with Crippen LogP contribution in [0.5, 0.6) is 0 Å². The fraction of sp³-hybridized carbons (Fsp3) is 0.500. The maximum absolute atomic E-state index is 12.1. The summed E-state index contributed by atoms with van der Waals surface area (Å²) in [5.41, 5.74) is 0. The molecule has 18 heavy (non-hydrogen) atoms. The second-order valence-electron chi connectivity index (χ2n) is 3.41. The number of carbonyl (C=O) groups is 1. The van der Waals surface area contributed by atoms with Crippen LogP contribution < -0.4 is 0 Å². The zero-order valence-electron chi connectivity index (χ0n) is 10.1. The first-order valence-electron chi connectivity index (χ1n) is 5.25. The number of hydrogen-bond acceptors (Lipinski definition) is 5. The third-order valence-corrected chi connectivity index (χ3v) is 4.13. The summed E-state index contributed by atoms with van der Waals surface area (Å²) in [5.74, 6) is -1.72. The van der Waals surface area contributed by atoms with E-state index in [1.165, 1.54) is 7.11 Å². The predicted octanol–water partition coefficient (Wildman–Crippen LogP) is 0.635. The second-order valence-corrected chi connectivity index (χ2v) is 5.28. The molecule has 1 heterocycles. The van der Waals surface area contributed by atoms with Gasteiger partial charge in [0.05, 0.1) is 6.61 Å². The molecule has 0 aromatic carbocycles. The Hall–Kier alpha value is -1.38. The Morgan fingerprint density at radius 3 is 2.61 bits per heavy atom. The van der Waals surface area contributed by atoms with Crippen LogP contribution in [0.2, 0.25) is 0 Å². The molecule has 102 valence electrons. The number of likely N-dealkylation sites (N-methyl/N-ethyl adjacent to an activating group) is 1. The fourth-order valence-electron chi connectivity index (χ4n) is 1.34. The molecule has 0 aliphatic carbocycles. The number of rotatable bonds is 7. The van der Waals surface area contributed by atoms with Gasteiger partial charge < -0.3 is 14.3 Å². The summed E-state index contributed by atoms with van der Waals surface area (Å²) in [4.78, 5) is 10.6. The Morgan fingerprint density at radius 2 is 2.17 bits per heavy atom. The molecule has 7 nitrogen and oxygen atoms in total. The van der Waals surface area contributed by atoms with E-state index in [0.29, 0.717) is 0 Å². The highest BCUT2D eigenvalue weighted by Gasteiger charge is 2.27. The van der Waals surface area contributed by atoms with E-state index in [4.69, 9.17) is 14.3 Å². The van der Waals surface area contributed by atoms with E-state index in [-0.39, 0.29) is 24.8 Å². The van der Waals surface area contributed by atoms with Crippen molar-refractivity contribution in [1.29, 1.82) is 0 Å². The van der Waals surface area contributed by atoms with Gasteiger partial charge in [-0.15, -0.1) is 0 Å². The fourth-order valence-corrected chi connectivity index (χ4v) is 2.69. The van der Waals surface area contributed by atoms with E-state index in [1.54, 1.807) is 6.92 Å². The van der Waals surface area contributed by atoms with Gasteiger partial charge in [-0.05, 0) is 12.1 Å². The number of carboxylic acid groups (broad SMARTS) is 1. The van der Waals surface area contributed by atoms with Gasteiger partial charge in [0.2, 0.25) is 10.9 Å². The van der Waals surface area contributed by atoms with Gasteiger partial charge in [-0.25, -0.2) is 13.2 Å². The summed E-state index contributed by atoms with van der Waals surface area (Å²) in [6, 6.07) is 2.24. The van der Waals surface area contributed by atoms with Crippen molar-refractivity contribution in [3.63, 3.8) is 0 Å². The molecule has 8 heteroatoms. The van der Waals surface area contributed by atoms with Crippen LogP contribution in [0.25, 0.3) is 0 Å². The minimum absolute atomic E-state index is 0.179. The molecule has 0 saturated carbocycles. The highest BCUT2D eigenvalue weighted by Crippen LogP contribution is 2.18. The minimum Gasteiger partial charge on any atom is -0.475 e. The molecule has 1 N–H and O–H groups in total. The van der Waals surface area contributed by atoms with Crippen LogP contribution in [0.3, 0.4) is 0 Å². The number of aromatic carboxylic acids is 1. The molecule has 0 saturated heterocycles. The Kier molecular flexibility index (Phi) is 4.88. The predicted molar refractivity (Wildman–Crippen MR) is 62.0 cm³/mol. The lowest BCUT2D eigenvalue weighted by molar-refractivity contribution is 0.0656. The van der Waals surface area contributed by atoms with Crippen LogP contribution in [-0.4, -0.2) is 50.6 Å². The summed E-state index contributed by atoms with van der Waals surface area (Å²) < 4.78 is 35.0. The third kappa shape index (κ3) is 3.09. The Balaban J connectivity index is 2.99. The van der Waals surface area contributed by atoms with Crippen molar-refractivity contribution < 1.29 is 27.5 Å². The van der Waals surface area contributed by atoms with Crippen LogP contribution in [0.15, 0.2) is 21.6 Å². The highest BCUT2D eigenvalue weighted by molar-refractivity contribution is 7.89. The van der Waals surface area contributed by atoms with E-state index >= 15 is 0 Å². The number of sulfonamides is 1. The molecule has 0 bridgehead atoms. The quantitative estimate of drug-likeness (QED) is 0.785. The lowest BCUT2D eigenvalue weighted by atomic mass is 10.5. The molecule has 1 rings (SSSR count). The van der Waals surface area contributed by atoms with Gasteiger partial charge in [0.15, 0.2) is 0 Å². The molecular formula is C10H15NO6S. The summed E-state index contributed by atoms with van der Waals surface area (Å²) in [6.07, 6.45) is 0. The van der Waals surface area contributed by atoms with Crippen LogP contribution in [0, 0.1) is 0 Å². The lowest BCUT2D eigenvalue weighted by Crippen LogP contribution is -2.33. The van der Waals surface area contributed by atoms with E-state index in [2.05, 4.69) is 0 Å². The van der Waals surface area contributed by atoms with E-state index in [9.17, 15) is 13.2 Å². The van der Waals surface area contributed by atoms with Gasteiger partial charge in [-0.2, -0.15) is 4.31 Å². The molecule has 0 radical (unpaired) electrons. The average molecular weight is 277 g/mol. The molecule has 0 fully saturated rings. The van der Waals surface area contributed by atoms with Crippen molar-refractivity contribution >= 4 is 16.0 Å².